The highest BCUT2D eigenvalue weighted by molar-refractivity contribution is 6.03. The Morgan fingerprint density at radius 2 is 1.95 bits per heavy atom. The van der Waals surface area contributed by atoms with Gasteiger partial charge in [-0.2, -0.15) is 0 Å². The minimum Gasteiger partial charge on any atom is -0.478 e. The van der Waals surface area contributed by atoms with Crippen LogP contribution in [0.3, 0.4) is 0 Å². The van der Waals surface area contributed by atoms with E-state index in [9.17, 15) is 14.7 Å². The van der Waals surface area contributed by atoms with Gasteiger partial charge in [0.15, 0.2) is 0 Å². The summed E-state index contributed by atoms with van der Waals surface area (Å²) >= 11 is 0. The van der Waals surface area contributed by atoms with E-state index in [1.54, 1.807) is 6.92 Å². The maximum absolute atomic E-state index is 12.0. The summed E-state index contributed by atoms with van der Waals surface area (Å²) in [5.74, 6) is -1.63. The van der Waals surface area contributed by atoms with E-state index < -0.39 is 11.9 Å². The van der Waals surface area contributed by atoms with Crippen molar-refractivity contribution in [2.45, 2.75) is 6.92 Å². The fourth-order valence-corrected chi connectivity index (χ4v) is 2.76. The molecule has 0 spiro atoms. The zero-order valence-electron chi connectivity index (χ0n) is 12.1. The van der Waals surface area contributed by atoms with Crippen LogP contribution in [0.2, 0.25) is 0 Å². The SMILES string of the molecule is C=c1c(C(=O)OCC)cc(C(=O)O)c2c1=Cc1ccccc1-2. The number of hydrogen-bond donors (Lipinski definition) is 1. The summed E-state index contributed by atoms with van der Waals surface area (Å²) in [6.07, 6.45) is 1.86. The molecule has 1 aliphatic rings. The molecule has 0 aliphatic heterocycles. The molecule has 0 amide bonds. The molecular weight excluding hydrogens is 280 g/mol. The molecule has 4 nitrogen and oxygen atoms in total. The second-order valence-corrected chi connectivity index (χ2v) is 5.00. The number of carbonyl (C=O) groups excluding carboxylic acids is 1. The Labute approximate surface area is 127 Å². The van der Waals surface area contributed by atoms with E-state index in [0.29, 0.717) is 16.0 Å². The summed E-state index contributed by atoms with van der Waals surface area (Å²) < 4.78 is 4.99. The number of benzene rings is 2. The van der Waals surface area contributed by atoms with Crippen LogP contribution in [0.5, 0.6) is 0 Å². The van der Waals surface area contributed by atoms with E-state index in [4.69, 9.17) is 4.74 Å². The van der Waals surface area contributed by atoms with Gasteiger partial charge in [-0.05, 0) is 40.6 Å². The lowest BCUT2D eigenvalue weighted by Crippen LogP contribution is -2.32. The van der Waals surface area contributed by atoms with E-state index >= 15 is 0 Å². The van der Waals surface area contributed by atoms with Crippen molar-refractivity contribution in [3.63, 3.8) is 0 Å². The van der Waals surface area contributed by atoms with Crippen molar-refractivity contribution in [1.82, 2.24) is 0 Å². The number of esters is 1. The molecule has 1 aliphatic carbocycles. The van der Waals surface area contributed by atoms with Gasteiger partial charge < -0.3 is 9.84 Å². The molecule has 0 heterocycles. The lowest BCUT2D eigenvalue weighted by atomic mass is 9.96. The number of hydrogen-bond acceptors (Lipinski definition) is 3. The van der Waals surface area contributed by atoms with Crippen molar-refractivity contribution in [2.24, 2.45) is 0 Å². The first kappa shape index (κ1) is 14.1. The molecule has 0 saturated carbocycles. The predicted octanol–water partition coefficient (Wildman–Crippen LogP) is 1.78. The number of aromatic carboxylic acids is 1. The van der Waals surface area contributed by atoms with Crippen molar-refractivity contribution in [2.75, 3.05) is 6.61 Å². The lowest BCUT2D eigenvalue weighted by Gasteiger charge is -2.09. The maximum atomic E-state index is 12.0. The van der Waals surface area contributed by atoms with E-state index in [1.165, 1.54) is 6.07 Å². The van der Waals surface area contributed by atoms with Crippen LogP contribution in [0.1, 0.15) is 33.2 Å². The minimum absolute atomic E-state index is 0.0895. The Morgan fingerprint density at radius 1 is 1.23 bits per heavy atom. The van der Waals surface area contributed by atoms with Gasteiger partial charge in [-0.25, -0.2) is 9.59 Å². The molecule has 1 N–H and O–H groups in total. The van der Waals surface area contributed by atoms with Crippen molar-refractivity contribution < 1.29 is 19.4 Å². The molecule has 2 aromatic rings. The van der Waals surface area contributed by atoms with Crippen molar-refractivity contribution in [3.8, 4) is 11.1 Å². The summed E-state index contributed by atoms with van der Waals surface area (Å²) in [6, 6.07) is 8.88. The molecule has 2 aromatic carbocycles. The molecule has 0 bridgehead atoms. The van der Waals surface area contributed by atoms with Gasteiger partial charge >= 0.3 is 11.9 Å². The largest absolute Gasteiger partial charge is 0.478 e. The number of carbonyl (C=O) groups is 2. The molecule has 3 rings (SSSR count). The van der Waals surface area contributed by atoms with E-state index in [1.807, 2.05) is 30.3 Å². The number of fused-ring (bicyclic) bond motifs is 3. The molecule has 0 unspecified atom stereocenters. The van der Waals surface area contributed by atoms with Gasteiger partial charge in [-0.3, -0.25) is 0 Å². The monoisotopic (exact) mass is 294 g/mol. The van der Waals surface area contributed by atoms with Gasteiger partial charge in [0.05, 0.1) is 17.7 Å². The number of rotatable bonds is 3. The molecule has 4 heteroatoms. The number of carboxylic acids is 1. The third kappa shape index (κ3) is 2.00. The zero-order valence-corrected chi connectivity index (χ0v) is 12.1. The van der Waals surface area contributed by atoms with Crippen LogP contribution in [-0.4, -0.2) is 23.7 Å². The Bertz CT molecular complexity index is 909. The summed E-state index contributed by atoms with van der Waals surface area (Å²) in [5.41, 5.74) is 2.66. The first-order valence-electron chi connectivity index (χ1n) is 6.92. The highest BCUT2D eigenvalue weighted by Crippen LogP contribution is 2.28. The van der Waals surface area contributed by atoms with Gasteiger partial charge in [0.2, 0.25) is 0 Å². The first-order valence-corrected chi connectivity index (χ1v) is 6.92. The van der Waals surface area contributed by atoms with Crippen LogP contribution >= 0.6 is 0 Å². The van der Waals surface area contributed by atoms with Crippen LogP contribution in [0.25, 0.3) is 23.8 Å². The fraction of sp³-hybridized carbons (Fsp3) is 0.111. The number of ether oxygens (including phenoxy) is 1. The van der Waals surface area contributed by atoms with Crippen molar-refractivity contribution >= 4 is 24.6 Å². The van der Waals surface area contributed by atoms with Crippen molar-refractivity contribution in [3.05, 3.63) is 57.5 Å². The van der Waals surface area contributed by atoms with Crippen LogP contribution in [0.4, 0.5) is 0 Å². The quantitative estimate of drug-likeness (QED) is 0.748. The van der Waals surface area contributed by atoms with Crippen LogP contribution in [0.15, 0.2) is 30.3 Å². The third-order valence-electron chi connectivity index (χ3n) is 3.73. The topological polar surface area (TPSA) is 63.6 Å². The molecule has 0 atom stereocenters. The second-order valence-electron chi connectivity index (χ2n) is 5.00. The molecule has 0 aromatic heterocycles. The summed E-state index contributed by atoms with van der Waals surface area (Å²) in [7, 11) is 0. The normalized spacial score (nSPS) is 11.3. The molecular formula is C18H14O4. The molecule has 0 saturated heterocycles. The highest BCUT2D eigenvalue weighted by Gasteiger charge is 2.23. The lowest BCUT2D eigenvalue weighted by molar-refractivity contribution is 0.0525. The van der Waals surface area contributed by atoms with Crippen LogP contribution in [0, 0.1) is 0 Å². The van der Waals surface area contributed by atoms with Crippen LogP contribution < -0.4 is 10.4 Å². The summed E-state index contributed by atoms with van der Waals surface area (Å²) in [5, 5.41) is 10.7. The Kier molecular flexibility index (Phi) is 3.29. The van der Waals surface area contributed by atoms with Gasteiger partial charge in [-0.1, -0.05) is 30.8 Å². The maximum Gasteiger partial charge on any atom is 0.338 e. The fourth-order valence-electron chi connectivity index (χ4n) is 2.76. The third-order valence-corrected chi connectivity index (χ3v) is 3.73. The summed E-state index contributed by atoms with van der Waals surface area (Å²) in [4.78, 5) is 23.7. The second kappa shape index (κ2) is 5.15. The van der Waals surface area contributed by atoms with Gasteiger partial charge in [-0.15, -0.1) is 0 Å². The van der Waals surface area contributed by atoms with Gasteiger partial charge in [0.25, 0.3) is 0 Å². The Hall–Kier alpha value is -2.88. The molecule has 22 heavy (non-hydrogen) atoms. The zero-order chi connectivity index (χ0) is 15.9. The average Bonchev–Trinajstić information content (AvgIpc) is 2.88. The Balaban J connectivity index is 2.37. The van der Waals surface area contributed by atoms with Crippen molar-refractivity contribution in [1.29, 1.82) is 0 Å². The highest BCUT2D eigenvalue weighted by atomic mass is 16.5. The van der Waals surface area contributed by atoms with E-state index in [-0.39, 0.29) is 17.7 Å². The molecule has 0 radical (unpaired) electrons. The standard InChI is InChI=1S/C18H14O4/c1-3-22-18(21)14-9-15(17(19)20)16-12-7-5-4-6-11(12)8-13(16)10(14)2/h4-9H,2-3H2,1H3,(H,19,20). The molecule has 110 valence electrons. The van der Waals surface area contributed by atoms with E-state index in [2.05, 4.69) is 6.58 Å². The number of carboxylic acid groups (broad SMARTS) is 1. The van der Waals surface area contributed by atoms with E-state index in [0.717, 1.165) is 11.1 Å². The van der Waals surface area contributed by atoms with Gasteiger partial charge in [0, 0.05) is 5.56 Å². The van der Waals surface area contributed by atoms with Crippen LogP contribution in [-0.2, 0) is 4.74 Å². The smallest absolute Gasteiger partial charge is 0.338 e. The minimum atomic E-state index is -1.08. The Morgan fingerprint density at radius 3 is 2.64 bits per heavy atom. The summed E-state index contributed by atoms with van der Waals surface area (Å²) in [6.45, 7) is 5.88. The predicted molar refractivity (Wildman–Crippen MR) is 83.1 cm³/mol. The molecule has 0 fully saturated rings. The first-order chi connectivity index (χ1) is 10.5. The van der Waals surface area contributed by atoms with Gasteiger partial charge in [0.1, 0.15) is 0 Å². The average molecular weight is 294 g/mol.